The average molecular weight is 425 g/mol. The molecule has 0 atom stereocenters. The minimum absolute atomic E-state index is 0.347. The van der Waals surface area contributed by atoms with E-state index in [1.54, 1.807) is 25.4 Å². The van der Waals surface area contributed by atoms with E-state index in [4.69, 9.17) is 21.1 Å². The molecule has 0 saturated carbocycles. The number of aromatic nitrogens is 1. The predicted molar refractivity (Wildman–Crippen MR) is 120 cm³/mol. The minimum atomic E-state index is -0.540. The molecule has 3 aromatic rings. The van der Waals surface area contributed by atoms with Gasteiger partial charge in [0.05, 0.1) is 17.7 Å². The van der Waals surface area contributed by atoms with Crippen molar-refractivity contribution in [3.8, 4) is 5.75 Å². The Morgan fingerprint density at radius 2 is 1.77 bits per heavy atom. The molecular formula is C24H25ClN2O3. The van der Waals surface area contributed by atoms with Gasteiger partial charge in [-0.2, -0.15) is 0 Å². The standard InChI is InChI=1S/C24H25ClN2O3/c1-24(2,3)30-23(28)18-7-9-19(10-8-18)27(16-17-6-5-13-26-15-17)20-11-12-22(29-4)21(25)14-20/h5-15H,16H2,1-4H3. The SMILES string of the molecule is COc1ccc(N(Cc2cccnc2)c2ccc(C(=O)OC(C)(C)C)cc2)cc1Cl. The van der Waals surface area contributed by atoms with Gasteiger partial charge in [0.2, 0.25) is 0 Å². The van der Waals surface area contributed by atoms with Crippen LogP contribution in [0.3, 0.4) is 0 Å². The topological polar surface area (TPSA) is 51.7 Å². The lowest BCUT2D eigenvalue weighted by Crippen LogP contribution is -2.24. The summed E-state index contributed by atoms with van der Waals surface area (Å²) in [6.45, 7) is 6.13. The molecule has 0 bridgehead atoms. The molecule has 156 valence electrons. The molecule has 1 heterocycles. The molecule has 0 unspecified atom stereocenters. The van der Waals surface area contributed by atoms with Crippen LogP contribution in [0.15, 0.2) is 67.0 Å². The molecule has 0 aliphatic carbocycles. The van der Waals surface area contributed by atoms with E-state index in [1.807, 2.05) is 69.4 Å². The first-order valence-corrected chi connectivity index (χ1v) is 9.98. The van der Waals surface area contributed by atoms with Crippen LogP contribution < -0.4 is 9.64 Å². The second-order valence-electron chi connectivity index (χ2n) is 7.82. The van der Waals surface area contributed by atoms with E-state index in [1.165, 1.54) is 0 Å². The number of carbonyl (C=O) groups excluding carboxylic acids is 1. The first kappa shape index (κ1) is 21.7. The highest BCUT2D eigenvalue weighted by Gasteiger charge is 2.19. The van der Waals surface area contributed by atoms with E-state index in [2.05, 4.69) is 9.88 Å². The summed E-state index contributed by atoms with van der Waals surface area (Å²) < 4.78 is 10.7. The summed E-state index contributed by atoms with van der Waals surface area (Å²) in [4.78, 5) is 18.6. The van der Waals surface area contributed by atoms with E-state index < -0.39 is 5.60 Å². The molecule has 2 aromatic carbocycles. The Balaban J connectivity index is 1.94. The number of carbonyl (C=O) groups is 1. The highest BCUT2D eigenvalue weighted by atomic mass is 35.5. The van der Waals surface area contributed by atoms with Crippen molar-refractivity contribution in [2.24, 2.45) is 0 Å². The third kappa shape index (κ3) is 5.51. The van der Waals surface area contributed by atoms with Crippen molar-refractivity contribution < 1.29 is 14.3 Å². The van der Waals surface area contributed by atoms with Gasteiger partial charge in [0, 0.05) is 30.3 Å². The maximum atomic E-state index is 12.3. The summed E-state index contributed by atoms with van der Waals surface area (Å²) in [5, 5.41) is 0.525. The molecule has 3 rings (SSSR count). The normalized spacial score (nSPS) is 11.1. The maximum Gasteiger partial charge on any atom is 0.338 e. The van der Waals surface area contributed by atoms with E-state index >= 15 is 0 Å². The Morgan fingerprint density at radius 3 is 2.33 bits per heavy atom. The molecule has 0 fully saturated rings. The van der Waals surface area contributed by atoms with Crippen molar-refractivity contribution in [2.75, 3.05) is 12.0 Å². The van der Waals surface area contributed by atoms with Gasteiger partial charge >= 0.3 is 5.97 Å². The number of benzene rings is 2. The van der Waals surface area contributed by atoms with Crippen molar-refractivity contribution in [2.45, 2.75) is 32.9 Å². The molecule has 0 aliphatic rings. The molecule has 1 aromatic heterocycles. The van der Waals surface area contributed by atoms with Gasteiger partial charge in [-0.05, 0) is 74.9 Å². The Morgan fingerprint density at radius 1 is 1.07 bits per heavy atom. The Kier molecular flexibility index (Phi) is 6.63. The van der Waals surface area contributed by atoms with Gasteiger partial charge in [-0.25, -0.2) is 4.79 Å². The van der Waals surface area contributed by atoms with E-state index in [0.717, 1.165) is 16.9 Å². The Hall–Kier alpha value is -3.05. The van der Waals surface area contributed by atoms with Crippen molar-refractivity contribution in [1.82, 2.24) is 4.98 Å². The summed E-state index contributed by atoms with van der Waals surface area (Å²) in [5.74, 6) is 0.266. The summed E-state index contributed by atoms with van der Waals surface area (Å²) in [7, 11) is 1.59. The molecule has 0 radical (unpaired) electrons. The highest BCUT2D eigenvalue weighted by molar-refractivity contribution is 6.32. The largest absolute Gasteiger partial charge is 0.495 e. The van der Waals surface area contributed by atoms with Gasteiger partial charge in [-0.1, -0.05) is 17.7 Å². The van der Waals surface area contributed by atoms with Crippen LogP contribution in [0.5, 0.6) is 5.75 Å². The van der Waals surface area contributed by atoms with Crippen LogP contribution in [-0.4, -0.2) is 23.7 Å². The van der Waals surface area contributed by atoms with Gasteiger partial charge < -0.3 is 14.4 Å². The van der Waals surface area contributed by atoms with Crippen molar-refractivity contribution >= 4 is 28.9 Å². The van der Waals surface area contributed by atoms with Gasteiger partial charge in [-0.3, -0.25) is 4.98 Å². The number of anilines is 2. The molecule has 30 heavy (non-hydrogen) atoms. The Bertz CT molecular complexity index is 999. The summed E-state index contributed by atoms with van der Waals surface area (Å²) in [6.07, 6.45) is 3.57. The molecule has 0 saturated heterocycles. The molecule has 0 spiro atoms. The van der Waals surface area contributed by atoms with Crippen molar-refractivity contribution in [3.05, 3.63) is 83.1 Å². The van der Waals surface area contributed by atoms with Crippen molar-refractivity contribution in [3.63, 3.8) is 0 Å². The third-order valence-corrected chi connectivity index (χ3v) is 4.62. The fourth-order valence-corrected chi connectivity index (χ4v) is 3.20. The first-order chi connectivity index (χ1) is 14.3. The predicted octanol–water partition coefficient (Wildman–Crippen LogP) is 6.04. The zero-order chi connectivity index (χ0) is 21.7. The van der Waals surface area contributed by atoms with Crippen LogP contribution in [0, 0.1) is 0 Å². The maximum absolute atomic E-state index is 12.3. The number of halogens is 1. The lowest BCUT2D eigenvalue weighted by Gasteiger charge is -2.26. The lowest BCUT2D eigenvalue weighted by atomic mass is 10.1. The summed E-state index contributed by atoms with van der Waals surface area (Å²) in [6, 6.07) is 16.9. The number of nitrogens with zero attached hydrogens (tertiary/aromatic N) is 2. The molecule has 0 amide bonds. The molecule has 0 aliphatic heterocycles. The van der Waals surface area contributed by atoms with E-state index in [9.17, 15) is 4.79 Å². The summed E-state index contributed by atoms with van der Waals surface area (Å²) in [5.41, 5.74) is 2.81. The zero-order valence-electron chi connectivity index (χ0n) is 17.6. The van der Waals surface area contributed by atoms with Crippen LogP contribution in [0.2, 0.25) is 5.02 Å². The van der Waals surface area contributed by atoms with Crippen LogP contribution in [0.4, 0.5) is 11.4 Å². The van der Waals surface area contributed by atoms with E-state index in [-0.39, 0.29) is 5.97 Å². The fourth-order valence-electron chi connectivity index (χ4n) is 2.94. The number of ether oxygens (including phenoxy) is 2. The number of methoxy groups -OCH3 is 1. The number of hydrogen-bond acceptors (Lipinski definition) is 5. The fraction of sp³-hybridized carbons (Fsp3) is 0.250. The summed E-state index contributed by atoms with van der Waals surface area (Å²) >= 11 is 6.37. The molecule has 6 heteroatoms. The number of hydrogen-bond donors (Lipinski definition) is 0. The van der Waals surface area contributed by atoms with Crippen molar-refractivity contribution in [1.29, 1.82) is 0 Å². The highest BCUT2D eigenvalue weighted by Crippen LogP contribution is 2.34. The second-order valence-corrected chi connectivity index (χ2v) is 8.22. The van der Waals surface area contributed by atoms with Crippen LogP contribution in [0.25, 0.3) is 0 Å². The van der Waals surface area contributed by atoms with Gasteiger partial charge in [-0.15, -0.1) is 0 Å². The number of rotatable bonds is 6. The molecule has 0 N–H and O–H groups in total. The number of esters is 1. The zero-order valence-corrected chi connectivity index (χ0v) is 18.3. The monoisotopic (exact) mass is 424 g/mol. The molecule has 5 nitrogen and oxygen atoms in total. The Labute approximate surface area is 182 Å². The van der Waals surface area contributed by atoms with Gasteiger partial charge in [0.25, 0.3) is 0 Å². The first-order valence-electron chi connectivity index (χ1n) is 9.60. The minimum Gasteiger partial charge on any atom is -0.495 e. The van der Waals surface area contributed by atoms with Crippen LogP contribution in [-0.2, 0) is 11.3 Å². The van der Waals surface area contributed by atoms with Crippen LogP contribution >= 0.6 is 11.6 Å². The average Bonchev–Trinajstić information content (AvgIpc) is 2.71. The quantitative estimate of drug-likeness (QED) is 0.451. The smallest absolute Gasteiger partial charge is 0.338 e. The van der Waals surface area contributed by atoms with Gasteiger partial charge in [0.1, 0.15) is 11.4 Å². The third-order valence-electron chi connectivity index (χ3n) is 4.32. The van der Waals surface area contributed by atoms with Gasteiger partial charge in [0.15, 0.2) is 0 Å². The molecular weight excluding hydrogens is 400 g/mol. The lowest BCUT2D eigenvalue weighted by molar-refractivity contribution is 0.00695. The second kappa shape index (κ2) is 9.18. The van der Waals surface area contributed by atoms with E-state index in [0.29, 0.717) is 22.9 Å². The number of pyridine rings is 1. The van der Waals surface area contributed by atoms with Crippen LogP contribution in [0.1, 0.15) is 36.7 Å².